The predicted molar refractivity (Wildman–Crippen MR) is 83.1 cm³/mol. The molecule has 2 amide bonds. The maximum atomic E-state index is 12.5. The predicted octanol–water partition coefficient (Wildman–Crippen LogP) is 2.51. The van der Waals surface area contributed by atoms with Gasteiger partial charge in [0, 0.05) is 18.2 Å². The molecule has 0 bridgehead atoms. The second-order valence-electron chi connectivity index (χ2n) is 5.89. The molecule has 1 aromatic rings. The third-order valence-electron chi connectivity index (χ3n) is 4.19. The number of carbonyl (C=O) groups is 2. The number of rotatable bonds is 3. The van der Waals surface area contributed by atoms with Crippen molar-refractivity contribution >= 4 is 11.8 Å². The van der Waals surface area contributed by atoms with Crippen LogP contribution in [0.5, 0.6) is 0 Å². The molecule has 2 rings (SSSR count). The van der Waals surface area contributed by atoms with Crippen molar-refractivity contribution in [2.45, 2.75) is 52.1 Å². The van der Waals surface area contributed by atoms with E-state index >= 15 is 0 Å². The Bertz CT molecular complexity index is 527. The highest BCUT2D eigenvalue weighted by molar-refractivity contribution is 5.98. The van der Waals surface area contributed by atoms with Gasteiger partial charge in [-0.05, 0) is 51.7 Å². The Balaban J connectivity index is 2.00. The van der Waals surface area contributed by atoms with Crippen LogP contribution in [-0.4, -0.2) is 35.3 Å². The Morgan fingerprint density at radius 1 is 1.29 bits per heavy atom. The van der Waals surface area contributed by atoms with Gasteiger partial charge in [0.2, 0.25) is 5.91 Å². The molecule has 2 unspecified atom stereocenters. The van der Waals surface area contributed by atoms with Crippen LogP contribution in [0.15, 0.2) is 24.3 Å². The number of amides is 2. The molecule has 21 heavy (non-hydrogen) atoms. The summed E-state index contributed by atoms with van der Waals surface area (Å²) >= 11 is 0. The number of hydrogen-bond donors (Lipinski definition) is 1. The maximum absolute atomic E-state index is 12.5. The summed E-state index contributed by atoms with van der Waals surface area (Å²) in [4.78, 5) is 26.6. The number of hydrogen-bond acceptors (Lipinski definition) is 2. The van der Waals surface area contributed by atoms with Crippen LogP contribution in [0.2, 0.25) is 0 Å². The molecule has 114 valence electrons. The summed E-state index contributed by atoms with van der Waals surface area (Å²) in [5.74, 6) is -0.164. The molecule has 1 heterocycles. The van der Waals surface area contributed by atoms with E-state index < -0.39 is 6.04 Å². The van der Waals surface area contributed by atoms with E-state index in [0.29, 0.717) is 5.56 Å². The van der Waals surface area contributed by atoms with Crippen molar-refractivity contribution in [2.75, 3.05) is 6.54 Å². The van der Waals surface area contributed by atoms with Gasteiger partial charge in [-0.3, -0.25) is 9.59 Å². The SMILES string of the molecule is Cc1ccccc1C(=O)NC(C)C(=O)N1CCCCC1C. The lowest BCUT2D eigenvalue weighted by molar-refractivity contribution is -0.136. The molecule has 0 aliphatic carbocycles. The smallest absolute Gasteiger partial charge is 0.252 e. The Morgan fingerprint density at radius 2 is 2.00 bits per heavy atom. The van der Waals surface area contributed by atoms with E-state index in [4.69, 9.17) is 0 Å². The van der Waals surface area contributed by atoms with Crippen molar-refractivity contribution in [1.82, 2.24) is 10.2 Å². The van der Waals surface area contributed by atoms with Gasteiger partial charge in [-0.15, -0.1) is 0 Å². The van der Waals surface area contributed by atoms with Crippen LogP contribution >= 0.6 is 0 Å². The highest BCUT2D eigenvalue weighted by Crippen LogP contribution is 2.17. The molecule has 0 spiro atoms. The summed E-state index contributed by atoms with van der Waals surface area (Å²) in [6, 6.07) is 7.19. The van der Waals surface area contributed by atoms with Crippen molar-refractivity contribution in [3.63, 3.8) is 0 Å². The van der Waals surface area contributed by atoms with Crippen molar-refractivity contribution in [2.24, 2.45) is 0 Å². The number of likely N-dealkylation sites (tertiary alicyclic amines) is 1. The minimum absolute atomic E-state index is 0.0177. The molecule has 1 aliphatic rings. The lowest BCUT2D eigenvalue weighted by atomic mass is 10.0. The number of carbonyl (C=O) groups excluding carboxylic acids is 2. The first-order valence-electron chi connectivity index (χ1n) is 7.67. The number of piperidine rings is 1. The average Bonchev–Trinajstić information content (AvgIpc) is 2.47. The molecule has 1 N–H and O–H groups in total. The Labute approximate surface area is 126 Å². The molecule has 1 aliphatic heterocycles. The Hall–Kier alpha value is -1.84. The van der Waals surface area contributed by atoms with E-state index in [0.717, 1.165) is 24.9 Å². The van der Waals surface area contributed by atoms with Gasteiger partial charge < -0.3 is 10.2 Å². The van der Waals surface area contributed by atoms with E-state index in [1.54, 1.807) is 13.0 Å². The third kappa shape index (κ3) is 3.63. The Morgan fingerprint density at radius 3 is 2.67 bits per heavy atom. The number of nitrogens with one attached hydrogen (secondary N) is 1. The fraction of sp³-hybridized carbons (Fsp3) is 0.529. The molecule has 0 radical (unpaired) electrons. The van der Waals surface area contributed by atoms with E-state index in [2.05, 4.69) is 12.2 Å². The molecule has 1 saturated heterocycles. The maximum Gasteiger partial charge on any atom is 0.252 e. The van der Waals surface area contributed by atoms with Gasteiger partial charge in [0.15, 0.2) is 0 Å². The first-order valence-corrected chi connectivity index (χ1v) is 7.67. The number of nitrogens with zero attached hydrogens (tertiary/aromatic N) is 1. The van der Waals surface area contributed by atoms with E-state index in [1.807, 2.05) is 30.0 Å². The van der Waals surface area contributed by atoms with Gasteiger partial charge in [0.25, 0.3) is 5.91 Å². The first-order chi connectivity index (χ1) is 10.0. The summed E-state index contributed by atoms with van der Waals surface area (Å²) < 4.78 is 0. The lowest BCUT2D eigenvalue weighted by Crippen LogP contribution is -2.51. The average molecular weight is 288 g/mol. The van der Waals surface area contributed by atoms with Crippen LogP contribution in [0.25, 0.3) is 0 Å². The molecule has 4 heteroatoms. The van der Waals surface area contributed by atoms with Gasteiger partial charge in [-0.1, -0.05) is 18.2 Å². The minimum atomic E-state index is -0.488. The zero-order valence-corrected chi connectivity index (χ0v) is 13.1. The Kier molecular flexibility index (Phi) is 4.99. The largest absolute Gasteiger partial charge is 0.341 e. The summed E-state index contributed by atoms with van der Waals surface area (Å²) in [6.45, 7) is 6.53. The number of aryl methyl sites for hydroxylation is 1. The molecule has 1 fully saturated rings. The number of benzene rings is 1. The second-order valence-corrected chi connectivity index (χ2v) is 5.89. The molecule has 2 atom stereocenters. The highest BCUT2D eigenvalue weighted by Gasteiger charge is 2.28. The lowest BCUT2D eigenvalue weighted by Gasteiger charge is -2.35. The van der Waals surface area contributed by atoms with E-state index in [1.165, 1.54) is 6.42 Å². The quantitative estimate of drug-likeness (QED) is 0.929. The zero-order valence-electron chi connectivity index (χ0n) is 13.1. The van der Waals surface area contributed by atoms with Crippen LogP contribution in [0.4, 0.5) is 0 Å². The van der Waals surface area contributed by atoms with Crippen molar-refractivity contribution in [3.8, 4) is 0 Å². The molecule has 0 aromatic heterocycles. The van der Waals surface area contributed by atoms with Crippen LogP contribution < -0.4 is 5.32 Å². The monoisotopic (exact) mass is 288 g/mol. The zero-order chi connectivity index (χ0) is 15.4. The van der Waals surface area contributed by atoms with Crippen LogP contribution in [0, 0.1) is 6.92 Å². The summed E-state index contributed by atoms with van der Waals surface area (Å²) in [6.07, 6.45) is 3.27. The molecular formula is C17H24N2O2. The normalized spacial score (nSPS) is 20.0. The van der Waals surface area contributed by atoms with Crippen molar-refractivity contribution < 1.29 is 9.59 Å². The van der Waals surface area contributed by atoms with E-state index in [9.17, 15) is 9.59 Å². The summed E-state index contributed by atoms with van der Waals surface area (Å²) in [7, 11) is 0. The second kappa shape index (κ2) is 6.74. The van der Waals surface area contributed by atoms with E-state index in [-0.39, 0.29) is 17.9 Å². The van der Waals surface area contributed by atoms with Gasteiger partial charge >= 0.3 is 0 Å². The fourth-order valence-electron chi connectivity index (χ4n) is 2.84. The fourth-order valence-corrected chi connectivity index (χ4v) is 2.84. The topological polar surface area (TPSA) is 49.4 Å². The standard InChI is InChI=1S/C17H24N2O2/c1-12-8-4-5-10-15(12)16(20)18-14(3)17(21)19-11-7-6-9-13(19)2/h4-5,8,10,13-14H,6-7,9,11H2,1-3H3,(H,18,20). The van der Waals surface area contributed by atoms with Gasteiger partial charge in [-0.25, -0.2) is 0 Å². The van der Waals surface area contributed by atoms with Crippen molar-refractivity contribution in [1.29, 1.82) is 0 Å². The summed E-state index contributed by atoms with van der Waals surface area (Å²) in [5.41, 5.74) is 1.55. The molecule has 0 saturated carbocycles. The van der Waals surface area contributed by atoms with Crippen molar-refractivity contribution in [3.05, 3.63) is 35.4 Å². The summed E-state index contributed by atoms with van der Waals surface area (Å²) in [5, 5.41) is 2.82. The minimum Gasteiger partial charge on any atom is -0.341 e. The van der Waals surface area contributed by atoms with Gasteiger partial charge in [0.05, 0.1) is 0 Å². The van der Waals surface area contributed by atoms with Crippen LogP contribution in [0.1, 0.15) is 49.0 Å². The van der Waals surface area contributed by atoms with Gasteiger partial charge in [-0.2, -0.15) is 0 Å². The van der Waals surface area contributed by atoms with Crippen LogP contribution in [0.3, 0.4) is 0 Å². The molecule has 4 nitrogen and oxygen atoms in total. The highest BCUT2D eigenvalue weighted by atomic mass is 16.2. The molecular weight excluding hydrogens is 264 g/mol. The molecule has 1 aromatic carbocycles. The van der Waals surface area contributed by atoms with Crippen LogP contribution in [-0.2, 0) is 4.79 Å². The first kappa shape index (κ1) is 15.5. The van der Waals surface area contributed by atoms with Gasteiger partial charge in [0.1, 0.15) is 6.04 Å². The third-order valence-corrected chi connectivity index (χ3v) is 4.19.